The molecule has 0 N–H and O–H groups in total. The van der Waals surface area contributed by atoms with E-state index < -0.39 is 0 Å². The number of rotatable bonds is 3. The second-order valence-corrected chi connectivity index (χ2v) is 12.9. The van der Waals surface area contributed by atoms with Gasteiger partial charge in [-0.1, -0.05) is 127 Å². The largest absolute Gasteiger partial charge is 0.134 e. The summed E-state index contributed by atoms with van der Waals surface area (Å²) in [5, 5.41) is 9.19. The Hall–Kier alpha value is -4.76. The van der Waals surface area contributed by atoms with Gasteiger partial charge in [-0.25, -0.2) is 0 Å². The first-order valence-electron chi connectivity index (χ1n) is 14.3. The van der Waals surface area contributed by atoms with E-state index in [9.17, 15) is 0 Å². The molecule has 0 spiro atoms. The third-order valence-electron chi connectivity index (χ3n) is 8.47. The second-order valence-electron chi connectivity index (χ2n) is 10.8. The predicted octanol–water partition coefficient (Wildman–Crippen LogP) is 12.6. The fourth-order valence-electron chi connectivity index (χ4n) is 6.65. The summed E-state index contributed by atoms with van der Waals surface area (Å²) >= 11 is 3.85. The number of benzene rings is 7. The zero-order chi connectivity index (χ0) is 27.6. The van der Waals surface area contributed by atoms with Crippen LogP contribution in [0.3, 0.4) is 0 Å². The molecule has 0 radical (unpaired) electrons. The SMILES string of the molecule is c1ccc(-c2cc3c(-c4c5ccccc5c(-c5ccccc5)c5ccccc45)cc4c5ccccc5sc4c3s2)cc1. The van der Waals surface area contributed by atoms with Gasteiger partial charge < -0.3 is 0 Å². The van der Waals surface area contributed by atoms with Crippen molar-refractivity contribution >= 4 is 74.5 Å². The zero-order valence-corrected chi connectivity index (χ0v) is 24.3. The Labute approximate surface area is 251 Å². The molecule has 0 saturated carbocycles. The average molecular weight is 569 g/mol. The minimum atomic E-state index is 1.25. The van der Waals surface area contributed by atoms with Crippen molar-refractivity contribution in [2.24, 2.45) is 0 Å². The van der Waals surface area contributed by atoms with Crippen LogP contribution in [0, 0.1) is 0 Å². The Morgan fingerprint density at radius 3 is 1.48 bits per heavy atom. The molecule has 9 aromatic rings. The van der Waals surface area contributed by atoms with Gasteiger partial charge in [-0.05, 0) is 67.6 Å². The van der Waals surface area contributed by atoms with Crippen molar-refractivity contribution in [3.8, 4) is 32.7 Å². The molecule has 0 amide bonds. The van der Waals surface area contributed by atoms with Gasteiger partial charge in [-0.3, -0.25) is 0 Å². The summed E-state index contributed by atoms with van der Waals surface area (Å²) in [7, 11) is 0. The summed E-state index contributed by atoms with van der Waals surface area (Å²) in [6.07, 6.45) is 0. The molecule has 0 aliphatic heterocycles. The van der Waals surface area contributed by atoms with Crippen LogP contribution in [0.15, 0.2) is 146 Å². The fraction of sp³-hybridized carbons (Fsp3) is 0. The molecule has 0 fully saturated rings. The maximum absolute atomic E-state index is 2.48. The van der Waals surface area contributed by atoms with Crippen molar-refractivity contribution in [2.45, 2.75) is 0 Å². The monoisotopic (exact) mass is 568 g/mol. The van der Waals surface area contributed by atoms with E-state index in [0.29, 0.717) is 0 Å². The zero-order valence-electron chi connectivity index (χ0n) is 22.7. The smallest absolute Gasteiger partial charge is 0.0534 e. The first-order chi connectivity index (χ1) is 20.8. The first kappa shape index (κ1) is 23.9. The van der Waals surface area contributed by atoms with Crippen molar-refractivity contribution in [1.82, 2.24) is 0 Å². The van der Waals surface area contributed by atoms with E-state index in [0.717, 1.165) is 0 Å². The molecule has 42 heavy (non-hydrogen) atoms. The van der Waals surface area contributed by atoms with Gasteiger partial charge >= 0.3 is 0 Å². The van der Waals surface area contributed by atoms with Gasteiger partial charge in [0.25, 0.3) is 0 Å². The predicted molar refractivity (Wildman–Crippen MR) is 186 cm³/mol. The standard InChI is InChI=1S/C40H24S2/c1-3-13-25(14-4-1)36-24-34-32(23-33-27-17-11-12-22-35(27)41-39(33)40(34)42-36)38-30-20-9-7-18-28(30)37(26-15-5-2-6-16-26)29-19-8-10-21-31(29)38/h1-24H. The maximum Gasteiger partial charge on any atom is 0.0534 e. The van der Waals surface area contributed by atoms with Gasteiger partial charge in [0.1, 0.15) is 0 Å². The molecule has 9 rings (SSSR count). The average Bonchev–Trinajstić information content (AvgIpc) is 3.67. The first-order valence-corrected chi connectivity index (χ1v) is 15.9. The summed E-state index contributed by atoms with van der Waals surface area (Å²) in [5.74, 6) is 0. The van der Waals surface area contributed by atoms with Crippen LogP contribution in [0.4, 0.5) is 0 Å². The molecule has 0 nitrogen and oxygen atoms in total. The van der Waals surface area contributed by atoms with Crippen LogP contribution >= 0.6 is 22.7 Å². The molecule has 0 aliphatic carbocycles. The lowest BCUT2D eigenvalue weighted by atomic mass is 9.85. The Morgan fingerprint density at radius 1 is 0.333 bits per heavy atom. The van der Waals surface area contributed by atoms with Crippen LogP contribution in [0.2, 0.25) is 0 Å². The Bertz CT molecular complexity index is 2390. The summed E-state index contributed by atoms with van der Waals surface area (Å²) in [5.41, 5.74) is 6.46. The van der Waals surface area contributed by atoms with Gasteiger partial charge in [-0.2, -0.15) is 0 Å². The van der Waals surface area contributed by atoms with E-state index in [2.05, 4.69) is 146 Å². The third kappa shape index (κ3) is 3.53. The highest BCUT2D eigenvalue weighted by Gasteiger charge is 2.21. The topological polar surface area (TPSA) is 0 Å². The molecule has 2 aromatic heterocycles. The summed E-state index contributed by atoms with van der Waals surface area (Å²) in [6, 6.07) is 53.4. The van der Waals surface area contributed by atoms with Gasteiger partial charge in [0, 0.05) is 25.7 Å². The van der Waals surface area contributed by atoms with E-state index in [-0.39, 0.29) is 0 Å². The van der Waals surface area contributed by atoms with E-state index in [4.69, 9.17) is 0 Å². The van der Waals surface area contributed by atoms with E-state index in [1.54, 1.807) is 0 Å². The van der Waals surface area contributed by atoms with Crippen LogP contribution in [0.1, 0.15) is 0 Å². The minimum Gasteiger partial charge on any atom is -0.134 e. The molecular weight excluding hydrogens is 545 g/mol. The van der Waals surface area contributed by atoms with Crippen LogP contribution in [-0.2, 0) is 0 Å². The lowest BCUT2D eigenvalue weighted by molar-refractivity contribution is 1.67. The van der Waals surface area contributed by atoms with Gasteiger partial charge in [-0.15, -0.1) is 22.7 Å². The number of hydrogen-bond donors (Lipinski definition) is 0. The molecule has 0 saturated heterocycles. The highest BCUT2D eigenvalue weighted by Crippen LogP contribution is 2.51. The fourth-order valence-corrected chi connectivity index (χ4v) is 9.16. The van der Waals surface area contributed by atoms with Crippen LogP contribution in [-0.4, -0.2) is 0 Å². The highest BCUT2D eigenvalue weighted by atomic mass is 32.1. The molecule has 196 valence electrons. The lowest BCUT2D eigenvalue weighted by Crippen LogP contribution is -1.91. The quantitative estimate of drug-likeness (QED) is 0.186. The van der Waals surface area contributed by atoms with Gasteiger partial charge in [0.05, 0.1) is 9.40 Å². The van der Waals surface area contributed by atoms with Gasteiger partial charge in [0.15, 0.2) is 0 Å². The Morgan fingerprint density at radius 2 is 0.833 bits per heavy atom. The minimum absolute atomic E-state index is 1.25. The van der Waals surface area contributed by atoms with Crippen molar-refractivity contribution in [1.29, 1.82) is 0 Å². The van der Waals surface area contributed by atoms with E-state index >= 15 is 0 Å². The van der Waals surface area contributed by atoms with Crippen molar-refractivity contribution < 1.29 is 0 Å². The number of thiophene rings is 2. The molecule has 0 bridgehead atoms. The molecule has 0 aliphatic rings. The van der Waals surface area contributed by atoms with E-state index in [1.807, 2.05) is 22.7 Å². The molecular formula is C40H24S2. The van der Waals surface area contributed by atoms with Crippen molar-refractivity contribution in [3.05, 3.63) is 146 Å². The van der Waals surface area contributed by atoms with Crippen molar-refractivity contribution in [2.75, 3.05) is 0 Å². The molecule has 2 heterocycles. The molecule has 2 heteroatoms. The Balaban J connectivity index is 1.48. The van der Waals surface area contributed by atoms with Gasteiger partial charge in [0.2, 0.25) is 0 Å². The second kappa shape index (κ2) is 9.39. The highest BCUT2D eigenvalue weighted by molar-refractivity contribution is 7.32. The summed E-state index contributed by atoms with van der Waals surface area (Å²) in [4.78, 5) is 1.31. The Kier molecular flexibility index (Phi) is 5.34. The maximum atomic E-state index is 2.48. The van der Waals surface area contributed by atoms with E-state index in [1.165, 1.54) is 84.5 Å². The van der Waals surface area contributed by atoms with Crippen molar-refractivity contribution in [3.63, 3.8) is 0 Å². The lowest BCUT2D eigenvalue weighted by Gasteiger charge is -2.18. The normalized spacial score (nSPS) is 11.8. The van der Waals surface area contributed by atoms with Crippen LogP contribution < -0.4 is 0 Å². The molecule has 0 unspecified atom stereocenters. The summed E-state index contributed by atoms with van der Waals surface area (Å²) < 4.78 is 4.11. The number of hydrogen-bond acceptors (Lipinski definition) is 2. The summed E-state index contributed by atoms with van der Waals surface area (Å²) in [6.45, 7) is 0. The molecule has 0 atom stereocenters. The third-order valence-corrected chi connectivity index (χ3v) is 11.0. The number of fused-ring (bicyclic) bond motifs is 7. The van der Waals surface area contributed by atoms with Crippen LogP contribution in [0.5, 0.6) is 0 Å². The van der Waals surface area contributed by atoms with Crippen LogP contribution in [0.25, 0.3) is 84.5 Å². The molecule has 7 aromatic carbocycles.